The van der Waals surface area contributed by atoms with E-state index >= 15 is 0 Å². The molecule has 11 heteroatoms. The molecule has 0 saturated carbocycles. The van der Waals surface area contributed by atoms with Crippen LogP contribution >= 0.6 is 35.4 Å². The summed E-state index contributed by atoms with van der Waals surface area (Å²) >= 11 is 16.6. The third-order valence-electron chi connectivity index (χ3n) is 2.45. The van der Waals surface area contributed by atoms with Gasteiger partial charge in [0.15, 0.2) is 5.75 Å². The van der Waals surface area contributed by atoms with Crippen molar-refractivity contribution in [1.29, 1.82) is 0 Å². The Morgan fingerprint density at radius 1 is 1.36 bits per heavy atom. The highest BCUT2D eigenvalue weighted by atomic mass is 35.5. The summed E-state index contributed by atoms with van der Waals surface area (Å²) < 4.78 is 43.3. The van der Waals surface area contributed by atoms with Gasteiger partial charge in [-0.2, -0.15) is 22.9 Å². The molecule has 1 aromatic heterocycles. The molecular formula is C11H7Cl2F3N4OS. The Kier molecular flexibility index (Phi) is 4.78. The first kappa shape index (κ1) is 16.8. The Bertz CT molecular complexity index is 761. The van der Waals surface area contributed by atoms with Gasteiger partial charge in [-0.3, -0.25) is 0 Å². The van der Waals surface area contributed by atoms with Crippen LogP contribution in [0.25, 0.3) is 0 Å². The van der Waals surface area contributed by atoms with E-state index < -0.39 is 12.0 Å². The van der Waals surface area contributed by atoms with Gasteiger partial charge in [0, 0.05) is 0 Å². The van der Waals surface area contributed by atoms with Crippen LogP contribution in [0.3, 0.4) is 0 Å². The van der Waals surface area contributed by atoms with Crippen molar-refractivity contribution in [2.45, 2.75) is 6.18 Å². The van der Waals surface area contributed by atoms with Crippen LogP contribution in [0.4, 0.5) is 13.2 Å². The van der Waals surface area contributed by atoms with Crippen molar-refractivity contribution in [2.75, 3.05) is 7.11 Å². The van der Waals surface area contributed by atoms with Crippen molar-refractivity contribution in [2.24, 2.45) is 5.10 Å². The van der Waals surface area contributed by atoms with Gasteiger partial charge in [-0.15, -0.1) is 5.10 Å². The average molecular weight is 371 g/mol. The van der Waals surface area contributed by atoms with E-state index in [1.807, 2.05) is 5.10 Å². The van der Waals surface area contributed by atoms with Crippen LogP contribution in [-0.2, 0) is 6.18 Å². The van der Waals surface area contributed by atoms with Crippen molar-refractivity contribution in [3.8, 4) is 5.75 Å². The van der Waals surface area contributed by atoms with Gasteiger partial charge in [0.05, 0.1) is 23.4 Å². The lowest BCUT2D eigenvalue weighted by molar-refractivity contribution is -0.147. The third kappa shape index (κ3) is 3.42. The second kappa shape index (κ2) is 6.27. The van der Waals surface area contributed by atoms with Crippen molar-refractivity contribution in [1.82, 2.24) is 14.9 Å². The minimum Gasteiger partial charge on any atom is -0.494 e. The third-order valence-corrected chi connectivity index (χ3v) is 3.28. The number of ether oxygens (including phenoxy) is 1. The lowest BCUT2D eigenvalue weighted by atomic mass is 10.2. The van der Waals surface area contributed by atoms with E-state index in [4.69, 9.17) is 40.2 Å². The molecule has 0 unspecified atom stereocenters. The van der Waals surface area contributed by atoms with Gasteiger partial charge in [0.2, 0.25) is 4.77 Å². The summed E-state index contributed by atoms with van der Waals surface area (Å²) in [5, 5.41) is 9.18. The molecule has 1 N–H and O–H groups in total. The molecule has 0 amide bonds. The highest BCUT2D eigenvalue weighted by Gasteiger charge is 2.37. The number of hydrogen-bond donors (Lipinski definition) is 1. The minimum absolute atomic E-state index is 0.197. The molecule has 0 aliphatic rings. The summed E-state index contributed by atoms with van der Waals surface area (Å²) in [4.78, 5) is 0. The average Bonchev–Trinajstić information content (AvgIpc) is 2.77. The van der Waals surface area contributed by atoms with Gasteiger partial charge in [-0.05, 0) is 29.9 Å². The Morgan fingerprint density at radius 3 is 2.45 bits per heavy atom. The Balaban J connectivity index is 2.42. The van der Waals surface area contributed by atoms with Crippen LogP contribution in [0.15, 0.2) is 17.2 Å². The smallest absolute Gasteiger partial charge is 0.453 e. The molecule has 0 radical (unpaired) electrons. The van der Waals surface area contributed by atoms with Crippen LogP contribution in [0.5, 0.6) is 5.75 Å². The first-order valence-corrected chi connectivity index (χ1v) is 6.72. The van der Waals surface area contributed by atoms with Gasteiger partial charge in [-0.25, -0.2) is 5.10 Å². The summed E-state index contributed by atoms with van der Waals surface area (Å²) in [6.45, 7) is 0. The summed E-state index contributed by atoms with van der Waals surface area (Å²) in [5.74, 6) is -1.00. The molecule has 2 aromatic rings. The number of methoxy groups -OCH3 is 1. The Labute approximate surface area is 137 Å². The summed E-state index contributed by atoms with van der Waals surface area (Å²) in [5.41, 5.74) is 0.368. The fourth-order valence-corrected chi connectivity index (χ4v) is 2.39. The Morgan fingerprint density at radius 2 is 1.95 bits per heavy atom. The molecule has 1 aromatic carbocycles. The number of rotatable bonds is 3. The van der Waals surface area contributed by atoms with Crippen LogP contribution in [-0.4, -0.2) is 28.2 Å². The lowest BCUT2D eigenvalue weighted by Gasteiger charge is -2.07. The maximum atomic E-state index is 12.7. The van der Waals surface area contributed by atoms with Crippen LogP contribution in [0.2, 0.25) is 10.0 Å². The first-order valence-electron chi connectivity index (χ1n) is 5.56. The molecular weight excluding hydrogens is 364 g/mol. The monoisotopic (exact) mass is 370 g/mol. The van der Waals surface area contributed by atoms with Crippen LogP contribution in [0, 0.1) is 4.77 Å². The van der Waals surface area contributed by atoms with E-state index in [1.165, 1.54) is 19.2 Å². The number of aromatic amines is 1. The summed E-state index contributed by atoms with van der Waals surface area (Å²) in [6, 6.07) is 2.87. The quantitative estimate of drug-likeness (QED) is 0.651. The molecule has 2 rings (SSSR count). The number of benzene rings is 1. The van der Waals surface area contributed by atoms with E-state index in [2.05, 4.69) is 10.2 Å². The number of aromatic nitrogens is 3. The molecule has 0 aliphatic heterocycles. The molecule has 0 saturated heterocycles. The molecule has 0 fully saturated rings. The highest BCUT2D eigenvalue weighted by molar-refractivity contribution is 7.71. The fraction of sp³-hybridized carbons (Fsp3) is 0.182. The maximum Gasteiger partial charge on any atom is 0.453 e. The molecule has 0 spiro atoms. The van der Waals surface area contributed by atoms with Crippen molar-refractivity contribution >= 4 is 41.6 Å². The zero-order valence-electron chi connectivity index (χ0n) is 10.8. The van der Waals surface area contributed by atoms with Gasteiger partial charge < -0.3 is 4.74 Å². The number of nitrogens with one attached hydrogen (secondary N) is 1. The van der Waals surface area contributed by atoms with E-state index in [9.17, 15) is 13.2 Å². The lowest BCUT2D eigenvalue weighted by Crippen LogP contribution is -2.12. The summed E-state index contributed by atoms with van der Waals surface area (Å²) in [7, 11) is 1.39. The standard InChI is InChI=1S/C11H7Cl2F3N4OS/c1-21-8-6(12)2-5(3-7(8)13)4-17-20-9(11(14,15)16)18-19-10(20)22/h2-4H,1H3,(H,19,22)/b17-4-. The van der Waals surface area contributed by atoms with Crippen molar-refractivity contribution in [3.63, 3.8) is 0 Å². The second-order valence-electron chi connectivity index (χ2n) is 3.92. The minimum atomic E-state index is -4.69. The zero-order chi connectivity index (χ0) is 16.5. The molecule has 0 aliphatic carbocycles. The molecule has 118 valence electrons. The number of alkyl halides is 3. The van der Waals surface area contributed by atoms with E-state index in [0.717, 1.165) is 6.21 Å². The number of halogens is 5. The number of H-pyrrole nitrogens is 1. The topological polar surface area (TPSA) is 55.2 Å². The SMILES string of the molecule is COc1c(Cl)cc(/C=N\n2c(C(F)(F)F)n[nH]c2=S)cc1Cl. The largest absolute Gasteiger partial charge is 0.494 e. The maximum absolute atomic E-state index is 12.7. The molecule has 0 bridgehead atoms. The molecule has 22 heavy (non-hydrogen) atoms. The molecule has 5 nitrogen and oxygen atoms in total. The van der Waals surface area contributed by atoms with Gasteiger partial charge in [0.25, 0.3) is 5.82 Å². The first-order chi connectivity index (χ1) is 10.2. The summed E-state index contributed by atoms with van der Waals surface area (Å²) in [6.07, 6.45) is -3.57. The Hall–Kier alpha value is -1.58. The van der Waals surface area contributed by atoms with Crippen LogP contribution < -0.4 is 4.74 Å². The normalized spacial score (nSPS) is 12.1. The van der Waals surface area contributed by atoms with Gasteiger partial charge in [0.1, 0.15) is 0 Å². The number of hydrogen-bond acceptors (Lipinski definition) is 4. The van der Waals surface area contributed by atoms with Gasteiger partial charge >= 0.3 is 6.18 Å². The van der Waals surface area contributed by atoms with E-state index in [-0.39, 0.29) is 20.6 Å². The van der Waals surface area contributed by atoms with Crippen molar-refractivity contribution < 1.29 is 17.9 Å². The van der Waals surface area contributed by atoms with Crippen LogP contribution in [0.1, 0.15) is 11.4 Å². The highest BCUT2D eigenvalue weighted by Crippen LogP contribution is 2.33. The van der Waals surface area contributed by atoms with E-state index in [1.54, 1.807) is 0 Å². The number of nitrogens with zero attached hydrogens (tertiary/aromatic N) is 3. The molecule has 1 heterocycles. The van der Waals surface area contributed by atoms with Gasteiger partial charge in [-0.1, -0.05) is 23.2 Å². The second-order valence-corrected chi connectivity index (χ2v) is 5.13. The fourth-order valence-electron chi connectivity index (χ4n) is 1.56. The zero-order valence-corrected chi connectivity index (χ0v) is 13.1. The predicted octanol–water partition coefficient (Wildman–Crippen LogP) is 4.16. The predicted molar refractivity (Wildman–Crippen MR) is 78.4 cm³/mol. The van der Waals surface area contributed by atoms with E-state index in [0.29, 0.717) is 10.2 Å². The van der Waals surface area contributed by atoms with Crippen molar-refractivity contribution in [3.05, 3.63) is 38.3 Å². The molecule has 0 atom stereocenters.